The van der Waals surface area contributed by atoms with Crippen molar-refractivity contribution < 1.29 is 13.5 Å². The summed E-state index contributed by atoms with van der Waals surface area (Å²) >= 11 is 0. The first-order valence-corrected chi connectivity index (χ1v) is 6.29. The van der Waals surface area contributed by atoms with Gasteiger partial charge in [-0.1, -0.05) is 6.92 Å². The SMILES string of the molecule is CCCNc1nc(Oc2cc(C)nn2C)c(F)cc1F. The van der Waals surface area contributed by atoms with Crippen molar-refractivity contribution in [3.05, 3.63) is 29.5 Å². The Bertz CT molecular complexity index is 613. The van der Waals surface area contributed by atoms with Crippen molar-refractivity contribution >= 4 is 5.82 Å². The first-order valence-electron chi connectivity index (χ1n) is 6.29. The quantitative estimate of drug-likeness (QED) is 0.916. The molecule has 0 spiro atoms. The smallest absolute Gasteiger partial charge is 0.259 e. The monoisotopic (exact) mass is 282 g/mol. The Balaban J connectivity index is 2.29. The molecule has 0 aliphatic heterocycles. The van der Waals surface area contributed by atoms with Crippen molar-refractivity contribution in [2.75, 3.05) is 11.9 Å². The first kappa shape index (κ1) is 14.2. The van der Waals surface area contributed by atoms with Gasteiger partial charge in [-0.2, -0.15) is 10.1 Å². The van der Waals surface area contributed by atoms with Crippen LogP contribution in [0.3, 0.4) is 0 Å². The topological polar surface area (TPSA) is 52.0 Å². The lowest BCUT2D eigenvalue weighted by atomic mass is 10.4. The van der Waals surface area contributed by atoms with Gasteiger partial charge in [0.15, 0.2) is 17.5 Å². The molecule has 0 bridgehead atoms. The van der Waals surface area contributed by atoms with Gasteiger partial charge in [-0.25, -0.2) is 13.5 Å². The molecule has 0 fully saturated rings. The summed E-state index contributed by atoms with van der Waals surface area (Å²) in [6.45, 7) is 4.26. The summed E-state index contributed by atoms with van der Waals surface area (Å²) in [7, 11) is 1.67. The van der Waals surface area contributed by atoms with E-state index < -0.39 is 11.6 Å². The maximum atomic E-state index is 13.7. The van der Waals surface area contributed by atoms with Gasteiger partial charge in [0.2, 0.25) is 5.88 Å². The van der Waals surface area contributed by atoms with Crippen molar-refractivity contribution in [2.24, 2.45) is 7.05 Å². The van der Waals surface area contributed by atoms with Gasteiger partial charge in [0, 0.05) is 25.7 Å². The number of nitrogens with zero attached hydrogens (tertiary/aromatic N) is 3. The largest absolute Gasteiger partial charge is 0.418 e. The minimum Gasteiger partial charge on any atom is -0.418 e. The summed E-state index contributed by atoms with van der Waals surface area (Å²) < 4.78 is 34.0. The van der Waals surface area contributed by atoms with Gasteiger partial charge >= 0.3 is 0 Å². The molecule has 2 rings (SSSR count). The first-order chi connectivity index (χ1) is 9.51. The van der Waals surface area contributed by atoms with Crippen LogP contribution in [0.2, 0.25) is 0 Å². The molecule has 0 aromatic carbocycles. The zero-order valence-electron chi connectivity index (χ0n) is 11.6. The van der Waals surface area contributed by atoms with Gasteiger partial charge in [0.1, 0.15) is 0 Å². The number of nitrogens with one attached hydrogen (secondary N) is 1. The highest BCUT2D eigenvalue weighted by molar-refractivity contribution is 5.40. The van der Waals surface area contributed by atoms with E-state index in [0.29, 0.717) is 12.4 Å². The summed E-state index contributed by atoms with van der Waals surface area (Å²) in [4.78, 5) is 3.83. The van der Waals surface area contributed by atoms with Crippen molar-refractivity contribution in [2.45, 2.75) is 20.3 Å². The van der Waals surface area contributed by atoms with E-state index in [1.165, 1.54) is 4.68 Å². The molecule has 7 heteroatoms. The molecule has 2 aromatic heterocycles. The molecule has 20 heavy (non-hydrogen) atoms. The summed E-state index contributed by atoms with van der Waals surface area (Å²) in [5, 5.41) is 6.86. The molecule has 2 heterocycles. The fourth-order valence-corrected chi connectivity index (χ4v) is 1.67. The van der Waals surface area contributed by atoms with E-state index >= 15 is 0 Å². The van der Waals surface area contributed by atoms with Crippen LogP contribution in [0.25, 0.3) is 0 Å². The third-order valence-corrected chi connectivity index (χ3v) is 2.60. The van der Waals surface area contributed by atoms with Crippen LogP contribution >= 0.6 is 0 Å². The molecule has 0 atom stereocenters. The molecule has 0 radical (unpaired) electrons. The van der Waals surface area contributed by atoms with Gasteiger partial charge < -0.3 is 10.1 Å². The maximum absolute atomic E-state index is 13.7. The van der Waals surface area contributed by atoms with E-state index in [1.807, 2.05) is 6.92 Å². The van der Waals surface area contributed by atoms with Crippen molar-refractivity contribution in [3.8, 4) is 11.8 Å². The number of aryl methyl sites for hydroxylation is 2. The minimum absolute atomic E-state index is 0.0258. The van der Waals surface area contributed by atoms with Crippen LogP contribution in [0, 0.1) is 18.6 Å². The second kappa shape index (κ2) is 5.85. The molecule has 2 aromatic rings. The van der Waals surface area contributed by atoms with Crippen LogP contribution in [0.1, 0.15) is 19.0 Å². The number of hydrogen-bond acceptors (Lipinski definition) is 4. The zero-order valence-corrected chi connectivity index (χ0v) is 11.6. The van der Waals surface area contributed by atoms with E-state index in [-0.39, 0.29) is 11.7 Å². The number of ether oxygens (including phenoxy) is 1. The predicted octanol–water partition coefficient (Wildman–Crippen LogP) is 3.02. The van der Waals surface area contributed by atoms with E-state index in [2.05, 4.69) is 15.4 Å². The Hall–Kier alpha value is -2.18. The molecule has 0 unspecified atom stereocenters. The highest BCUT2D eigenvalue weighted by atomic mass is 19.1. The molecule has 108 valence electrons. The van der Waals surface area contributed by atoms with Crippen LogP contribution < -0.4 is 10.1 Å². The third kappa shape index (κ3) is 3.04. The highest BCUT2D eigenvalue weighted by Crippen LogP contribution is 2.26. The second-order valence-electron chi connectivity index (χ2n) is 4.38. The summed E-state index contributed by atoms with van der Waals surface area (Å²) in [5.74, 6) is -1.58. The lowest BCUT2D eigenvalue weighted by Gasteiger charge is -2.09. The average molecular weight is 282 g/mol. The molecule has 1 N–H and O–H groups in total. The number of anilines is 1. The number of aromatic nitrogens is 3. The van der Waals surface area contributed by atoms with Crippen molar-refractivity contribution in [1.29, 1.82) is 0 Å². The molecule has 0 saturated carbocycles. The van der Waals surface area contributed by atoms with E-state index in [1.54, 1.807) is 20.0 Å². The lowest BCUT2D eigenvalue weighted by molar-refractivity contribution is 0.384. The Kier molecular flexibility index (Phi) is 4.16. The van der Waals surface area contributed by atoms with Gasteiger partial charge in [0.25, 0.3) is 5.88 Å². The van der Waals surface area contributed by atoms with Crippen LogP contribution in [0.15, 0.2) is 12.1 Å². The van der Waals surface area contributed by atoms with Crippen LogP contribution in [0.4, 0.5) is 14.6 Å². The fraction of sp³-hybridized carbons (Fsp3) is 0.385. The standard InChI is InChI=1S/C13H16F2N4O/c1-4-5-16-12-9(14)7-10(15)13(17-12)20-11-6-8(2)18-19(11)3/h6-7H,4-5H2,1-3H3,(H,16,17). The number of rotatable bonds is 5. The third-order valence-electron chi connectivity index (χ3n) is 2.60. The summed E-state index contributed by atoms with van der Waals surface area (Å²) in [5.41, 5.74) is 0.731. The van der Waals surface area contributed by atoms with Crippen LogP contribution in [-0.2, 0) is 7.05 Å². The maximum Gasteiger partial charge on any atom is 0.259 e. The Labute approximate surface area is 115 Å². The number of pyridine rings is 1. The van der Waals surface area contributed by atoms with Crippen LogP contribution in [0.5, 0.6) is 11.8 Å². The molecular formula is C13H16F2N4O. The van der Waals surface area contributed by atoms with Crippen molar-refractivity contribution in [1.82, 2.24) is 14.8 Å². The van der Waals surface area contributed by atoms with Crippen molar-refractivity contribution in [3.63, 3.8) is 0 Å². The lowest BCUT2D eigenvalue weighted by Crippen LogP contribution is -2.07. The molecule has 0 amide bonds. The normalized spacial score (nSPS) is 10.7. The molecule has 0 aliphatic rings. The number of hydrogen-bond donors (Lipinski definition) is 1. The zero-order chi connectivity index (χ0) is 14.7. The van der Waals surface area contributed by atoms with Crippen LogP contribution in [-0.4, -0.2) is 21.3 Å². The Morgan fingerprint density at radius 2 is 2.05 bits per heavy atom. The highest BCUT2D eigenvalue weighted by Gasteiger charge is 2.15. The van der Waals surface area contributed by atoms with E-state index in [9.17, 15) is 8.78 Å². The molecule has 5 nitrogen and oxygen atoms in total. The van der Waals surface area contributed by atoms with Gasteiger partial charge in [-0.05, 0) is 13.3 Å². The van der Waals surface area contributed by atoms with Gasteiger partial charge in [-0.3, -0.25) is 0 Å². The average Bonchev–Trinajstić information content (AvgIpc) is 2.69. The van der Waals surface area contributed by atoms with Gasteiger partial charge in [-0.15, -0.1) is 0 Å². The predicted molar refractivity (Wildman–Crippen MR) is 71.0 cm³/mol. The van der Waals surface area contributed by atoms with Gasteiger partial charge in [0.05, 0.1) is 5.69 Å². The molecular weight excluding hydrogens is 266 g/mol. The number of halogens is 2. The second-order valence-corrected chi connectivity index (χ2v) is 4.38. The molecule has 0 saturated heterocycles. The van der Waals surface area contributed by atoms with E-state index in [0.717, 1.165) is 18.2 Å². The fourth-order valence-electron chi connectivity index (χ4n) is 1.67. The summed E-state index contributed by atoms with van der Waals surface area (Å²) in [6.07, 6.45) is 0.801. The Morgan fingerprint density at radius 3 is 2.65 bits per heavy atom. The Morgan fingerprint density at radius 1 is 1.30 bits per heavy atom. The van der Waals surface area contributed by atoms with E-state index in [4.69, 9.17) is 4.74 Å². The summed E-state index contributed by atoms with van der Waals surface area (Å²) in [6, 6.07) is 2.40. The minimum atomic E-state index is -0.858. The molecule has 0 aliphatic carbocycles.